The van der Waals surface area contributed by atoms with Gasteiger partial charge in [-0.1, -0.05) is 0 Å². The number of hydrogen-bond donors (Lipinski definition) is 1. The van der Waals surface area contributed by atoms with E-state index in [-0.39, 0.29) is 0 Å². The molecule has 0 aliphatic heterocycles. The Hall–Kier alpha value is 0.0569. The molecular formula is C8H22NO3Si-. The molecule has 0 saturated heterocycles. The Morgan fingerprint density at radius 3 is 1.54 bits per heavy atom. The van der Waals surface area contributed by atoms with Crippen LogP contribution in [0.25, 0.3) is 0 Å². The third-order valence-electron chi connectivity index (χ3n) is 1.78. The molecule has 0 aromatic heterocycles. The van der Waals surface area contributed by atoms with Crippen LogP contribution >= 0.6 is 0 Å². The van der Waals surface area contributed by atoms with Crippen LogP contribution in [0.4, 0.5) is 0 Å². The summed E-state index contributed by atoms with van der Waals surface area (Å²) in [6.07, 6.45) is 0. The van der Waals surface area contributed by atoms with Gasteiger partial charge in [-0.15, -0.1) is 0 Å². The second-order valence-electron chi connectivity index (χ2n) is 2.73. The topological polar surface area (TPSA) is 53.7 Å². The first kappa shape index (κ1) is 13.1. The van der Waals surface area contributed by atoms with E-state index in [9.17, 15) is 0 Å². The van der Waals surface area contributed by atoms with Crippen molar-refractivity contribution < 1.29 is 13.3 Å². The molecule has 0 amide bonds. The molecular weight excluding hydrogens is 186 g/mol. The summed E-state index contributed by atoms with van der Waals surface area (Å²) in [6, 6.07) is 0.725. The van der Waals surface area contributed by atoms with E-state index in [1.807, 2.05) is 20.8 Å². The fourth-order valence-corrected chi connectivity index (χ4v) is 4.08. The van der Waals surface area contributed by atoms with Gasteiger partial charge in [0.2, 0.25) is 0 Å². The molecule has 0 spiro atoms. The average Bonchev–Trinajstić information content (AvgIpc) is 2.06. The molecule has 0 unspecified atom stereocenters. The van der Waals surface area contributed by atoms with Crippen molar-refractivity contribution >= 4 is 8.80 Å². The van der Waals surface area contributed by atoms with Crippen LogP contribution in [0, 0.1) is 0 Å². The van der Waals surface area contributed by atoms with Crippen LogP contribution in [-0.4, -0.2) is 35.2 Å². The SMILES string of the molecule is CCO[SiH-](CCN)(OCC)OCC. The molecule has 0 rings (SSSR count). The monoisotopic (exact) mass is 208 g/mol. The van der Waals surface area contributed by atoms with Crippen molar-refractivity contribution in [1.82, 2.24) is 0 Å². The molecule has 0 fully saturated rings. The zero-order valence-electron chi connectivity index (χ0n) is 8.91. The van der Waals surface area contributed by atoms with Gasteiger partial charge in [-0.25, -0.2) is 0 Å². The molecule has 4 nitrogen and oxygen atoms in total. The second kappa shape index (κ2) is 7.46. The first-order valence-electron chi connectivity index (χ1n) is 5.01. The van der Waals surface area contributed by atoms with Gasteiger partial charge in [-0.05, 0) is 0 Å². The molecule has 13 heavy (non-hydrogen) atoms. The Morgan fingerprint density at radius 2 is 1.31 bits per heavy atom. The summed E-state index contributed by atoms with van der Waals surface area (Å²) in [5.41, 5.74) is 5.51. The van der Waals surface area contributed by atoms with Crippen molar-refractivity contribution in [3.05, 3.63) is 0 Å². The fraction of sp³-hybridized carbons (Fsp3) is 1.00. The molecule has 5 heteroatoms. The van der Waals surface area contributed by atoms with Crippen LogP contribution < -0.4 is 5.73 Å². The summed E-state index contributed by atoms with van der Waals surface area (Å²) in [5, 5.41) is 0. The summed E-state index contributed by atoms with van der Waals surface area (Å²) in [5.74, 6) is 0. The molecule has 0 aromatic carbocycles. The Labute approximate surface area is 81.7 Å². The van der Waals surface area contributed by atoms with Crippen LogP contribution in [0.3, 0.4) is 0 Å². The molecule has 0 saturated carbocycles. The Kier molecular flexibility index (Phi) is 7.49. The van der Waals surface area contributed by atoms with Gasteiger partial charge in [0.1, 0.15) is 0 Å². The van der Waals surface area contributed by atoms with E-state index in [1.54, 1.807) is 0 Å². The number of hydrogen-bond acceptors (Lipinski definition) is 4. The van der Waals surface area contributed by atoms with Crippen LogP contribution in [0.2, 0.25) is 6.04 Å². The fourth-order valence-electron chi connectivity index (χ4n) is 1.36. The summed E-state index contributed by atoms with van der Waals surface area (Å²) in [4.78, 5) is 0. The van der Waals surface area contributed by atoms with Crippen molar-refractivity contribution in [1.29, 1.82) is 0 Å². The quantitative estimate of drug-likeness (QED) is 0.597. The Balaban J connectivity index is 4.19. The van der Waals surface area contributed by atoms with Gasteiger partial charge in [0.25, 0.3) is 0 Å². The molecule has 0 aliphatic rings. The summed E-state index contributed by atoms with van der Waals surface area (Å²) >= 11 is 0. The first-order valence-corrected chi connectivity index (χ1v) is 7.24. The summed E-state index contributed by atoms with van der Waals surface area (Å²) in [7, 11) is -2.72. The van der Waals surface area contributed by atoms with Crippen molar-refractivity contribution in [3.63, 3.8) is 0 Å². The predicted molar refractivity (Wildman–Crippen MR) is 55.9 cm³/mol. The third-order valence-corrected chi connectivity index (χ3v) is 5.35. The summed E-state index contributed by atoms with van der Waals surface area (Å²) < 4.78 is 16.8. The van der Waals surface area contributed by atoms with E-state index in [0.29, 0.717) is 26.4 Å². The van der Waals surface area contributed by atoms with Crippen molar-refractivity contribution in [2.75, 3.05) is 26.4 Å². The zero-order valence-corrected chi connectivity index (χ0v) is 10.1. The van der Waals surface area contributed by atoms with Gasteiger partial charge >= 0.3 is 81.0 Å². The maximum atomic E-state index is 5.59. The molecule has 2 N–H and O–H groups in total. The Bertz CT molecular complexity index is 94.4. The molecule has 0 aliphatic carbocycles. The minimum atomic E-state index is -2.72. The predicted octanol–water partition coefficient (Wildman–Crippen LogP) is 0.726. The van der Waals surface area contributed by atoms with E-state index in [1.165, 1.54) is 0 Å². The van der Waals surface area contributed by atoms with Gasteiger partial charge in [0, 0.05) is 0 Å². The molecule has 0 radical (unpaired) electrons. The van der Waals surface area contributed by atoms with E-state index in [4.69, 9.17) is 19.0 Å². The van der Waals surface area contributed by atoms with Crippen LogP contribution in [0.15, 0.2) is 0 Å². The molecule has 82 valence electrons. The summed E-state index contributed by atoms with van der Waals surface area (Å²) in [6.45, 7) is 8.29. The van der Waals surface area contributed by atoms with Gasteiger partial charge in [0.05, 0.1) is 0 Å². The third kappa shape index (κ3) is 4.73. The molecule has 0 heterocycles. The second-order valence-corrected chi connectivity index (χ2v) is 5.89. The Morgan fingerprint density at radius 1 is 0.923 bits per heavy atom. The zero-order chi connectivity index (χ0) is 10.2. The van der Waals surface area contributed by atoms with E-state index >= 15 is 0 Å². The number of nitrogens with two attached hydrogens (primary N) is 1. The van der Waals surface area contributed by atoms with Crippen molar-refractivity contribution in [2.45, 2.75) is 26.8 Å². The van der Waals surface area contributed by atoms with Gasteiger partial charge in [0.15, 0.2) is 0 Å². The maximum absolute atomic E-state index is 5.59. The minimum absolute atomic E-state index is 0.560. The van der Waals surface area contributed by atoms with E-state index in [2.05, 4.69) is 0 Å². The molecule has 0 atom stereocenters. The van der Waals surface area contributed by atoms with Crippen LogP contribution in [0.1, 0.15) is 20.8 Å². The average molecular weight is 208 g/mol. The standard InChI is InChI=1S/C8H22NO3Si/c1-4-10-13(8-7-9,11-5-2)12-6-3/h13H,4-9H2,1-3H3/q-1. The van der Waals surface area contributed by atoms with Gasteiger partial charge in [-0.3, -0.25) is 0 Å². The normalized spacial score (nSPS) is 13.2. The van der Waals surface area contributed by atoms with E-state index in [0.717, 1.165) is 6.04 Å². The molecule has 0 aromatic rings. The first-order chi connectivity index (χ1) is 6.24. The van der Waals surface area contributed by atoms with E-state index < -0.39 is 8.80 Å². The van der Waals surface area contributed by atoms with Crippen molar-refractivity contribution in [3.8, 4) is 0 Å². The van der Waals surface area contributed by atoms with Gasteiger partial charge in [-0.2, -0.15) is 0 Å². The molecule has 0 bridgehead atoms. The van der Waals surface area contributed by atoms with Crippen LogP contribution in [-0.2, 0) is 13.3 Å². The number of rotatable bonds is 8. The van der Waals surface area contributed by atoms with Crippen LogP contribution in [0.5, 0.6) is 0 Å². The van der Waals surface area contributed by atoms with Crippen molar-refractivity contribution in [2.24, 2.45) is 5.73 Å². The van der Waals surface area contributed by atoms with Gasteiger partial charge < -0.3 is 0 Å².